The molecule has 0 aliphatic rings. The Kier molecular flexibility index (Phi) is 4.27. The van der Waals surface area contributed by atoms with Crippen molar-refractivity contribution < 1.29 is 9.72 Å². The van der Waals surface area contributed by atoms with Crippen LogP contribution in [0.3, 0.4) is 0 Å². The van der Waals surface area contributed by atoms with Crippen molar-refractivity contribution in [3.05, 3.63) is 62.3 Å². The fourth-order valence-corrected chi connectivity index (χ4v) is 2.23. The number of carbonyl (C=O) groups is 1. The van der Waals surface area contributed by atoms with E-state index in [4.69, 9.17) is 0 Å². The van der Waals surface area contributed by atoms with E-state index in [0.717, 1.165) is 4.88 Å². The summed E-state index contributed by atoms with van der Waals surface area (Å²) in [5, 5.41) is 15.3. The van der Waals surface area contributed by atoms with E-state index in [1.54, 1.807) is 25.1 Å². The summed E-state index contributed by atoms with van der Waals surface area (Å²) in [6.45, 7) is 1.65. The van der Waals surface area contributed by atoms with Crippen molar-refractivity contribution in [1.82, 2.24) is 0 Å². The van der Waals surface area contributed by atoms with Crippen LogP contribution >= 0.6 is 11.3 Å². The molecule has 20 heavy (non-hydrogen) atoms. The molecule has 0 spiro atoms. The molecule has 1 N–H and O–H groups in total. The first kappa shape index (κ1) is 14.0. The number of anilines is 1. The average molecular weight is 288 g/mol. The van der Waals surface area contributed by atoms with Gasteiger partial charge in [0.1, 0.15) is 0 Å². The van der Waals surface area contributed by atoms with E-state index in [1.807, 2.05) is 17.5 Å². The van der Waals surface area contributed by atoms with Crippen molar-refractivity contribution >= 4 is 34.7 Å². The molecule has 6 heteroatoms. The maximum atomic E-state index is 11.7. The molecule has 0 bridgehead atoms. The van der Waals surface area contributed by atoms with E-state index in [-0.39, 0.29) is 11.6 Å². The fourth-order valence-electron chi connectivity index (χ4n) is 1.61. The third-order valence-corrected chi connectivity index (χ3v) is 3.45. The largest absolute Gasteiger partial charge is 0.322 e. The zero-order valence-electron chi connectivity index (χ0n) is 10.7. The van der Waals surface area contributed by atoms with Crippen LogP contribution < -0.4 is 5.32 Å². The second kappa shape index (κ2) is 6.12. The zero-order valence-corrected chi connectivity index (χ0v) is 11.5. The van der Waals surface area contributed by atoms with Gasteiger partial charge in [-0.3, -0.25) is 14.9 Å². The van der Waals surface area contributed by atoms with E-state index < -0.39 is 4.92 Å². The Balaban J connectivity index is 2.08. The molecule has 2 aromatic rings. The third-order valence-electron chi connectivity index (χ3n) is 2.62. The number of aryl methyl sites for hydroxylation is 1. The highest BCUT2D eigenvalue weighted by molar-refractivity contribution is 7.10. The Morgan fingerprint density at radius 1 is 1.40 bits per heavy atom. The summed E-state index contributed by atoms with van der Waals surface area (Å²) in [4.78, 5) is 23.0. The predicted octanol–water partition coefficient (Wildman–Crippen LogP) is 3.62. The van der Waals surface area contributed by atoms with Gasteiger partial charge in [-0.25, -0.2) is 0 Å². The molecule has 1 aromatic carbocycles. The summed E-state index contributed by atoms with van der Waals surface area (Å²) in [5.74, 6) is -0.323. The number of nitro groups is 1. The van der Waals surface area contributed by atoms with E-state index in [2.05, 4.69) is 5.32 Å². The number of thiophene rings is 1. The number of hydrogen-bond acceptors (Lipinski definition) is 4. The molecule has 0 atom stereocenters. The molecular weight excluding hydrogens is 276 g/mol. The number of nitrogens with one attached hydrogen (secondary N) is 1. The smallest absolute Gasteiger partial charge is 0.274 e. The Hall–Kier alpha value is -2.47. The zero-order chi connectivity index (χ0) is 14.5. The summed E-state index contributed by atoms with van der Waals surface area (Å²) in [6, 6.07) is 8.39. The van der Waals surface area contributed by atoms with Crippen molar-refractivity contribution in [3.8, 4) is 0 Å². The number of hydrogen-bond donors (Lipinski definition) is 1. The van der Waals surface area contributed by atoms with Crippen LogP contribution in [0.15, 0.2) is 41.8 Å². The molecule has 0 aliphatic carbocycles. The van der Waals surface area contributed by atoms with E-state index in [0.29, 0.717) is 11.3 Å². The van der Waals surface area contributed by atoms with Gasteiger partial charge in [0, 0.05) is 28.3 Å². The predicted molar refractivity (Wildman–Crippen MR) is 79.8 cm³/mol. The monoisotopic (exact) mass is 288 g/mol. The topological polar surface area (TPSA) is 72.2 Å². The second-order valence-corrected chi connectivity index (χ2v) is 5.08. The summed E-state index contributed by atoms with van der Waals surface area (Å²) in [7, 11) is 0. The van der Waals surface area contributed by atoms with Gasteiger partial charge in [-0.1, -0.05) is 12.1 Å². The van der Waals surface area contributed by atoms with Crippen molar-refractivity contribution in [1.29, 1.82) is 0 Å². The molecule has 5 nitrogen and oxygen atoms in total. The third kappa shape index (κ3) is 3.52. The highest BCUT2D eigenvalue weighted by Gasteiger charge is 2.11. The minimum atomic E-state index is -0.466. The maximum Gasteiger partial charge on any atom is 0.274 e. The minimum Gasteiger partial charge on any atom is -0.322 e. The Morgan fingerprint density at radius 3 is 2.85 bits per heavy atom. The van der Waals surface area contributed by atoms with Gasteiger partial charge < -0.3 is 5.32 Å². The van der Waals surface area contributed by atoms with Crippen molar-refractivity contribution in [2.45, 2.75) is 6.92 Å². The Bertz CT molecular complexity index is 663. The van der Waals surface area contributed by atoms with Gasteiger partial charge in [-0.05, 0) is 30.5 Å². The number of rotatable bonds is 4. The molecule has 0 saturated carbocycles. The van der Waals surface area contributed by atoms with Crippen LogP contribution in [0.5, 0.6) is 0 Å². The van der Waals surface area contributed by atoms with Gasteiger partial charge in [-0.2, -0.15) is 0 Å². The van der Waals surface area contributed by atoms with Gasteiger partial charge in [0.2, 0.25) is 5.91 Å². The molecule has 0 saturated heterocycles. The molecular formula is C14H12N2O3S. The lowest BCUT2D eigenvalue weighted by Gasteiger charge is -2.03. The first-order valence-electron chi connectivity index (χ1n) is 5.84. The molecule has 2 rings (SSSR count). The van der Waals surface area contributed by atoms with Crippen LogP contribution in [0.2, 0.25) is 0 Å². The minimum absolute atomic E-state index is 0.00923. The standard InChI is InChI=1S/C14H12N2O3S/c1-10-4-5-11(9-13(10)16(18)19)15-14(17)7-6-12-3-2-8-20-12/h2-9H,1H3,(H,15,17)/b7-6+. The lowest BCUT2D eigenvalue weighted by molar-refractivity contribution is -0.385. The number of carbonyl (C=O) groups excluding carboxylic acids is 1. The Labute approximate surface area is 119 Å². The molecule has 102 valence electrons. The lowest BCUT2D eigenvalue weighted by Crippen LogP contribution is -2.08. The maximum absolute atomic E-state index is 11.7. The number of nitrogens with zero attached hydrogens (tertiary/aromatic N) is 1. The molecule has 0 aliphatic heterocycles. The number of benzene rings is 1. The normalized spacial score (nSPS) is 10.7. The van der Waals surface area contributed by atoms with E-state index in [9.17, 15) is 14.9 Å². The van der Waals surface area contributed by atoms with Crippen molar-refractivity contribution in [2.75, 3.05) is 5.32 Å². The highest BCUT2D eigenvalue weighted by atomic mass is 32.1. The summed E-state index contributed by atoms with van der Waals surface area (Å²) in [6.07, 6.45) is 3.10. The fraction of sp³-hybridized carbons (Fsp3) is 0.0714. The van der Waals surface area contributed by atoms with Gasteiger partial charge in [0.15, 0.2) is 0 Å². The molecule has 1 heterocycles. The first-order valence-corrected chi connectivity index (χ1v) is 6.72. The SMILES string of the molecule is Cc1ccc(NC(=O)/C=C/c2cccs2)cc1[N+](=O)[O-]. The molecule has 1 amide bonds. The van der Waals surface area contributed by atoms with E-state index in [1.165, 1.54) is 23.5 Å². The van der Waals surface area contributed by atoms with Crippen LogP contribution in [0.4, 0.5) is 11.4 Å². The molecule has 0 unspecified atom stereocenters. The van der Waals surface area contributed by atoms with E-state index >= 15 is 0 Å². The summed E-state index contributed by atoms with van der Waals surface area (Å²) in [5.41, 5.74) is 0.954. The van der Waals surface area contributed by atoms with Crippen LogP contribution in [-0.2, 0) is 4.79 Å². The van der Waals surface area contributed by atoms with Crippen molar-refractivity contribution in [2.24, 2.45) is 0 Å². The second-order valence-electron chi connectivity index (χ2n) is 4.10. The van der Waals surface area contributed by atoms with Crippen LogP contribution in [-0.4, -0.2) is 10.8 Å². The van der Waals surface area contributed by atoms with Crippen LogP contribution in [0, 0.1) is 17.0 Å². The van der Waals surface area contributed by atoms with Gasteiger partial charge in [0.05, 0.1) is 4.92 Å². The first-order chi connectivity index (χ1) is 9.56. The van der Waals surface area contributed by atoms with Gasteiger partial charge >= 0.3 is 0 Å². The molecule has 0 fully saturated rings. The average Bonchev–Trinajstić information content (AvgIpc) is 2.91. The number of nitro benzene ring substituents is 1. The van der Waals surface area contributed by atoms with Crippen molar-refractivity contribution in [3.63, 3.8) is 0 Å². The van der Waals surface area contributed by atoms with Gasteiger partial charge in [0.25, 0.3) is 5.69 Å². The molecule has 1 aromatic heterocycles. The van der Waals surface area contributed by atoms with Crippen LogP contribution in [0.1, 0.15) is 10.4 Å². The highest BCUT2D eigenvalue weighted by Crippen LogP contribution is 2.22. The lowest BCUT2D eigenvalue weighted by atomic mass is 10.2. The quantitative estimate of drug-likeness (QED) is 0.530. The Morgan fingerprint density at radius 2 is 2.20 bits per heavy atom. The molecule has 0 radical (unpaired) electrons. The summed E-state index contributed by atoms with van der Waals surface area (Å²) < 4.78 is 0. The van der Waals surface area contributed by atoms with Crippen LogP contribution in [0.25, 0.3) is 6.08 Å². The number of amides is 1. The van der Waals surface area contributed by atoms with Gasteiger partial charge in [-0.15, -0.1) is 11.3 Å². The summed E-state index contributed by atoms with van der Waals surface area (Å²) >= 11 is 1.52.